The third-order valence-corrected chi connectivity index (χ3v) is 2.17. The number of likely N-dealkylation sites (tertiary alicyclic amines) is 1. The number of aromatic nitrogens is 3. The summed E-state index contributed by atoms with van der Waals surface area (Å²) in [5.74, 6) is -0.176. The summed E-state index contributed by atoms with van der Waals surface area (Å²) in [7, 11) is 1.66. The Morgan fingerprint density at radius 2 is 2.29 bits per heavy atom. The molecule has 0 aliphatic carbocycles. The van der Waals surface area contributed by atoms with Crippen molar-refractivity contribution in [3.05, 3.63) is 11.9 Å². The maximum absolute atomic E-state index is 11.6. The van der Waals surface area contributed by atoms with E-state index in [0.29, 0.717) is 18.8 Å². The van der Waals surface area contributed by atoms with Gasteiger partial charge in [0.15, 0.2) is 5.69 Å². The second-order valence-electron chi connectivity index (χ2n) is 3.88. The van der Waals surface area contributed by atoms with E-state index < -0.39 is 5.60 Å². The van der Waals surface area contributed by atoms with E-state index in [4.69, 9.17) is 0 Å². The molecule has 2 rings (SSSR count). The van der Waals surface area contributed by atoms with Gasteiger partial charge in [-0.1, -0.05) is 0 Å². The largest absolute Gasteiger partial charge is 0.386 e. The molecule has 0 unspecified atom stereocenters. The van der Waals surface area contributed by atoms with Gasteiger partial charge in [-0.25, -0.2) is 0 Å². The van der Waals surface area contributed by atoms with Crippen LogP contribution in [0.5, 0.6) is 0 Å². The number of hydrogen-bond acceptors (Lipinski definition) is 4. The maximum Gasteiger partial charge on any atom is 0.276 e. The third-order valence-electron chi connectivity index (χ3n) is 2.17. The second-order valence-corrected chi connectivity index (χ2v) is 3.88. The Balaban J connectivity index is 2.04. The Bertz CT molecular complexity index is 363. The summed E-state index contributed by atoms with van der Waals surface area (Å²) >= 11 is 0. The SMILES string of the molecule is Cn1ncc(C(=O)N2CC(C)(O)C2)n1. The number of carbonyl (C=O) groups is 1. The molecule has 1 aliphatic rings. The first kappa shape index (κ1) is 9.14. The molecule has 2 heterocycles. The first-order valence-corrected chi connectivity index (χ1v) is 4.36. The monoisotopic (exact) mass is 196 g/mol. The van der Waals surface area contributed by atoms with Gasteiger partial charge in [0.05, 0.1) is 24.9 Å². The van der Waals surface area contributed by atoms with Gasteiger partial charge in [-0.3, -0.25) is 4.79 Å². The summed E-state index contributed by atoms with van der Waals surface area (Å²) in [6.45, 7) is 2.43. The molecule has 1 aromatic heterocycles. The molecule has 1 saturated heterocycles. The highest BCUT2D eigenvalue weighted by Gasteiger charge is 2.40. The molecule has 6 heteroatoms. The van der Waals surface area contributed by atoms with Crippen molar-refractivity contribution in [2.24, 2.45) is 7.05 Å². The number of aryl methyl sites for hydroxylation is 1. The van der Waals surface area contributed by atoms with Gasteiger partial charge in [0.2, 0.25) is 0 Å². The molecule has 1 amide bonds. The second kappa shape index (κ2) is 2.78. The molecule has 6 nitrogen and oxygen atoms in total. The lowest BCUT2D eigenvalue weighted by molar-refractivity contribution is -0.0670. The molecule has 0 saturated carbocycles. The minimum absolute atomic E-state index is 0.176. The van der Waals surface area contributed by atoms with Crippen LogP contribution in [-0.4, -0.2) is 49.6 Å². The molecule has 14 heavy (non-hydrogen) atoms. The number of nitrogens with zero attached hydrogens (tertiary/aromatic N) is 4. The topological polar surface area (TPSA) is 71.2 Å². The molecule has 0 spiro atoms. The first-order chi connectivity index (χ1) is 6.48. The van der Waals surface area contributed by atoms with Crippen molar-refractivity contribution in [2.75, 3.05) is 13.1 Å². The van der Waals surface area contributed by atoms with E-state index in [2.05, 4.69) is 10.2 Å². The fourth-order valence-corrected chi connectivity index (χ4v) is 1.53. The molecule has 0 atom stereocenters. The van der Waals surface area contributed by atoms with Crippen LogP contribution in [0, 0.1) is 0 Å². The van der Waals surface area contributed by atoms with Crippen molar-refractivity contribution < 1.29 is 9.90 Å². The van der Waals surface area contributed by atoms with Gasteiger partial charge in [-0.2, -0.15) is 9.90 Å². The van der Waals surface area contributed by atoms with Crippen molar-refractivity contribution in [3.8, 4) is 0 Å². The van der Waals surface area contributed by atoms with Crippen LogP contribution >= 0.6 is 0 Å². The average molecular weight is 196 g/mol. The lowest BCUT2D eigenvalue weighted by Crippen LogP contribution is -2.61. The van der Waals surface area contributed by atoms with E-state index in [1.54, 1.807) is 18.9 Å². The van der Waals surface area contributed by atoms with E-state index in [1.807, 2.05) is 0 Å². The summed E-state index contributed by atoms with van der Waals surface area (Å²) in [5.41, 5.74) is -0.416. The van der Waals surface area contributed by atoms with E-state index in [0.717, 1.165) is 0 Å². The molecule has 0 aromatic carbocycles. The van der Waals surface area contributed by atoms with Crippen LogP contribution in [0.4, 0.5) is 0 Å². The number of hydrogen-bond donors (Lipinski definition) is 1. The lowest BCUT2D eigenvalue weighted by Gasteiger charge is -2.43. The van der Waals surface area contributed by atoms with Crippen LogP contribution in [0.2, 0.25) is 0 Å². The van der Waals surface area contributed by atoms with Crippen molar-refractivity contribution in [2.45, 2.75) is 12.5 Å². The predicted octanol–water partition coefficient (Wildman–Crippen LogP) is -0.978. The fraction of sp³-hybridized carbons (Fsp3) is 0.625. The third kappa shape index (κ3) is 1.48. The standard InChI is InChI=1S/C8H12N4O2/c1-8(14)4-12(5-8)7(13)6-3-9-11(2)10-6/h3,14H,4-5H2,1-2H3. The van der Waals surface area contributed by atoms with Crippen LogP contribution in [0.25, 0.3) is 0 Å². The number of β-amino-alcohol motifs (C(OH)–C–C–N with tert-alkyl or cyclic N) is 1. The quantitative estimate of drug-likeness (QED) is 0.626. The Kier molecular flexibility index (Phi) is 1.81. The van der Waals surface area contributed by atoms with E-state index >= 15 is 0 Å². The van der Waals surface area contributed by atoms with Gasteiger partial charge in [-0.05, 0) is 6.92 Å². The first-order valence-electron chi connectivity index (χ1n) is 4.36. The molecule has 1 aromatic rings. The zero-order valence-electron chi connectivity index (χ0n) is 8.14. The zero-order valence-corrected chi connectivity index (χ0v) is 8.14. The van der Waals surface area contributed by atoms with Crippen LogP contribution in [0.15, 0.2) is 6.20 Å². The summed E-state index contributed by atoms with van der Waals surface area (Å²) < 4.78 is 0. The van der Waals surface area contributed by atoms with Crippen LogP contribution in [-0.2, 0) is 7.05 Å². The van der Waals surface area contributed by atoms with Gasteiger partial charge >= 0.3 is 0 Å². The molecular formula is C8H12N4O2. The van der Waals surface area contributed by atoms with E-state index in [1.165, 1.54) is 11.0 Å². The average Bonchev–Trinajstić information content (AvgIpc) is 2.46. The van der Waals surface area contributed by atoms with Gasteiger partial charge in [0.25, 0.3) is 5.91 Å². The summed E-state index contributed by atoms with van der Waals surface area (Å²) in [5, 5.41) is 17.2. The van der Waals surface area contributed by atoms with E-state index in [-0.39, 0.29) is 5.91 Å². The number of rotatable bonds is 1. The molecule has 1 N–H and O–H groups in total. The van der Waals surface area contributed by atoms with Crippen LogP contribution in [0.1, 0.15) is 17.4 Å². The van der Waals surface area contributed by atoms with Gasteiger partial charge in [-0.15, -0.1) is 5.10 Å². The maximum atomic E-state index is 11.6. The minimum Gasteiger partial charge on any atom is -0.386 e. The summed E-state index contributed by atoms with van der Waals surface area (Å²) in [6.07, 6.45) is 1.43. The van der Waals surface area contributed by atoms with Crippen LogP contribution < -0.4 is 0 Å². The number of amides is 1. The van der Waals surface area contributed by atoms with Crippen LogP contribution in [0.3, 0.4) is 0 Å². The Labute approximate surface area is 81.1 Å². The normalized spacial score (nSPS) is 19.2. The predicted molar refractivity (Wildman–Crippen MR) is 47.5 cm³/mol. The van der Waals surface area contributed by atoms with Crippen molar-refractivity contribution in [1.29, 1.82) is 0 Å². The van der Waals surface area contributed by atoms with Crippen molar-refractivity contribution in [3.63, 3.8) is 0 Å². The Morgan fingerprint density at radius 1 is 1.64 bits per heavy atom. The van der Waals surface area contributed by atoms with Gasteiger partial charge < -0.3 is 10.0 Å². The molecule has 0 bridgehead atoms. The zero-order chi connectivity index (χ0) is 10.3. The van der Waals surface area contributed by atoms with Gasteiger partial charge in [0, 0.05) is 7.05 Å². The molecule has 1 aliphatic heterocycles. The number of aliphatic hydroxyl groups is 1. The highest BCUT2D eigenvalue weighted by Crippen LogP contribution is 2.21. The van der Waals surface area contributed by atoms with Crippen molar-refractivity contribution >= 4 is 5.91 Å². The summed E-state index contributed by atoms with van der Waals surface area (Å²) in [4.78, 5) is 14.5. The minimum atomic E-state index is -0.738. The molecule has 76 valence electrons. The fourth-order valence-electron chi connectivity index (χ4n) is 1.53. The van der Waals surface area contributed by atoms with Gasteiger partial charge in [0.1, 0.15) is 0 Å². The number of carbonyl (C=O) groups excluding carboxylic acids is 1. The van der Waals surface area contributed by atoms with Crippen molar-refractivity contribution in [1.82, 2.24) is 19.9 Å². The Morgan fingerprint density at radius 3 is 2.71 bits per heavy atom. The smallest absolute Gasteiger partial charge is 0.276 e. The highest BCUT2D eigenvalue weighted by molar-refractivity contribution is 5.92. The molecule has 1 fully saturated rings. The van der Waals surface area contributed by atoms with E-state index in [9.17, 15) is 9.90 Å². The highest BCUT2D eigenvalue weighted by atomic mass is 16.3. The Hall–Kier alpha value is -1.43. The summed E-state index contributed by atoms with van der Waals surface area (Å²) in [6, 6.07) is 0. The molecular weight excluding hydrogens is 184 g/mol. The molecule has 0 radical (unpaired) electrons. The lowest BCUT2D eigenvalue weighted by atomic mass is 9.97.